The Balaban J connectivity index is 2.60. The molecular formula is C12H20O3. The number of aliphatic carboxylic acids is 1. The number of aliphatic hydroxyl groups excluding tert-OH is 1. The van der Waals surface area contributed by atoms with Crippen LogP contribution in [0.5, 0.6) is 0 Å². The molecule has 0 aromatic heterocycles. The summed E-state index contributed by atoms with van der Waals surface area (Å²) in [6, 6.07) is 0. The topological polar surface area (TPSA) is 57.5 Å². The van der Waals surface area contributed by atoms with Crippen LogP contribution in [0.25, 0.3) is 0 Å². The van der Waals surface area contributed by atoms with Crippen molar-refractivity contribution >= 4 is 5.97 Å². The van der Waals surface area contributed by atoms with Gasteiger partial charge in [-0.25, -0.2) is 4.79 Å². The second kappa shape index (κ2) is 5.31. The highest BCUT2D eigenvalue weighted by molar-refractivity contribution is 5.86. The summed E-state index contributed by atoms with van der Waals surface area (Å²) in [6.07, 6.45) is 4.07. The number of allylic oxidation sites excluding steroid dienone is 1. The fourth-order valence-corrected chi connectivity index (χ4v) is 2.25. The van der Waals surface area contributed by atoms with Gasteiger partial charge in [0.1, 0.15) is 0 Å². The third-order valence-electron chi connectivity index (χ3n) is 3.63. The quantitative estimate of drug-likeness (QED) is 0.705. The van der Waals surface area contributed by atoms with Crippen LogP contribution in [0.1, 0.15) is 39.5 Å². The molecule has 1 saturated carbocycles. The van der Waals surface area contributed by atoms with Crippen molar-refractivity contribution in [2.75, 3.05) is 6.61 Å². The molecule has 3 heteroatoms. The Kier molecular flexibility index (Phi) is 4.33. The fourth-order valence-electron chi connectivity index (χ4n) is 2.25. The van der Waals surface area contributed by atoms with E-state index in [1.165, 1.54) is 0 Å². The normalized spacial score (nSPS) is 28.5. The van der Waals surface area contributed by atoms with Crippen LogP contribution in [0, 0.1) is 11.8 Å². The van der Waals surface area contributed by atoms with E-state index in [-0.39, 0.29) is 6.61 Å². The molecule has 1 aliphatic carbocycles. The second-order valence-corrected chi connectivity index (χ2v) is 4.51. The fraction of sp³-hybridized carbons (Fsp3) is 0.750. The molecule has 0 atom stereocenters. The van der Waals surface area contributed by atoms with Crippen molar-refractivity contribution < 1.29 is 15.0 Å². The van der Waals surface area contributed by atoms with Gasteiger partial charge in [0.25, 0.3) is 0 Å². The summed E-state index contributed by atoms with van der Waals surface area (Å²) in [6.45, 7) is 3.87. The highest BCUT2D eigenvalue weighted by Crippen LogP contribution is 2.34. The van der Waals surface area contributed by atoms with Crippen molar-refractivity contribution in [1.82, 2.24) is 0 Å². The number of hydrogen-bond donors (Lipinski definition) is 2. The van der Waals surface area contributed by atoms with E-state index in [0.717, 1.165) is 31.3 Å². The van der Waals surface area contributed by atoms with E-state index in [9.17, 15) is 4.79 Å². The molecule has 86 valence electrons. The summed E-state index contributed by atoms with van der Waals surface area (Å²) >= 11 is 0. The third kappa shape index (κ3) is 3.06. The zero-order chi connectivity index (χ0) is 11.4. The smallest absolute Gasteiger partial charge is 0.331 e. The second-order valence-electron chi connectivity index (χ2n) is 4.51. The Bertz CT molecular complexity index is 260. The minimum absolute atomic E-state index is 0.271. The van der Waals surface area contributed by atoms with Crippen LogP contribution in [0.3, 0.4) is 0 Å². The van der Waals surface area contributed by atoms with Crippen molar-refractivity contribution in [2.45, 2.75) is 39.5 Å². The van der Waals surface area contributed by atoms with E-state index in [0.29, 0.717) is 17.4 Å². The molecular weight excluding hydrogens is 192 g/mol. The first-order valence-corrected chi connectivity index (χ1v) is 5.57. The van der Waals surface area contributed by atoms with Gasteiger partial charge in [0.2, 0.25) is 0 Å². The molecule has 1 aliphatic rings. The van der Waals surface area contributed by atoms with Crippen molar-refractivity contribution in [3.63, 3.8) is 0 Å². The minimum Gasteiger partial charge on any atom is -0.478 e. The summed E-state index contributed by atoms with van der Waals surface area (Å²) in [5.74, 6) is 0.0277. The molecule has 0 spiro atoms. The SMILES string of the molecule is C/C(C(=O)O)=C(/C)C1CCC(CO)CC1. The summed E-state index contributed by atoms with van der Waals surface area (Å²) in [7, 11) is 0. The standard InChI is InChI=1S/C12H20O3/c1-8(9(2)12(14)15)11-5-3-10(7-13)4-6-11/h10-11,13H,3-7H2,1-2H3,(H,14,15)/b9-8+. The maximum absolute atomic E-state index is 10.8. The molecule has 0 aliphatic heterocycles. The van der Waals surface area contributed by atoms with Crippen LogP contribution in [-0.2, 0) is 4.79 Å². The number of rotatable bonds is 3. The number of aliphatic hydroxyl groups is 1. The predicted octanol–water partition coefficient (Wildman–Crippen LogP) is 2.21. The van der Waals surface area contributed by atoms with Crippen molar-refractivity contribution in [1.29, 1.82) is 0 Å². The van der Waals surface area contributed by atoms with Gasteiger partial charge in [0.15, 0.2) is 0 Å². The number of carbonyl (C=O) groups is 1. The first-order chi connectivity index (χ1) is 7.06. The lowest BCUT2D eigenvalue weighted by Gasteiger charge is -2.28. The predicted molar refractivity (Wildman–Crippen MR) is 58.5 cm³/mol. The van der Waals surface area contributed by atoms with Crippen molar-refractivity contribution in [2.24, 2.45) is 11.8 Å². The maximum Gasteiger partial charge on any atom is 0.331 e. The third-order valence-corrected chi connectivity index (χ3v) is 3.63. The van der Waals surface area contributed by atoms with E-state index in [1.807, 2.05) is 6.92 Å². The summed E-state index contributed by atoms with van der Waals surface area (Å²) in [4.78, 5) is 10.8. The van der Waals surface area contributed by atoms with Crippen molar-refractivity contribution in [3.8, 4) is 0 Å². The van der Waals surface area contributed by atoms with Crippen LogP contribution >= 0.6 is 0 Å². The molecule has 0 amide bonds. The van der Waals surface area contributed by atoms with Gasteiger partial charge in [0, 0.05) is 12.2 Å². The van der Waals surface area contributed by atoms with E-state index >= 15 is 0 Å². The molecule has 3 nitrogen and oxygen atoms in total. The average Bonchev–Trinajstić information content (AvgIpc) is 2.27. The Labute approximate surface area is 90.8 Å². The lowest BCUT2D eigenvalue weighted by Crippen LogP contribution is -2.19. The monoisotopic (exact) mass is 212 g/mol. The van der Waals surface area contributed by atoms with Gasteiger partial charge in [-0.05, 0) is 51.4 Å². The van der Waals surface area contributed by atoms with Gasteiger partial charge < -0.3 is 10.2 Å². The molecule has 0 heterocycles. The Hall–Kier alpha value is -0.830. The van der Waals surface area contributed by atoms with Crippen LogP contribution in [0.4, 0.5) is 0 Å². The van der Waals surface area contributed by atoms with Crippen LogP contribution in [-0.4, -0.2) is 22.8 Å². The van der Waals surface area contributed by atoms with E-state index < -0.39 is 5.97 Å². The van der Waals surface area contributed by atoms with E-state index in [4.69, 9.17) is 10.2 Å². The van der Waals surface area contributed by atoms with Gasteiger partial charge in [-0.2, -0.15) is 0 Å². The molecule has 0 saturated heterocycles. The largest absolute Gasteiger partial charge is 0.478 e. The molecule has 1 rings (SSSR count). The summed E-state index contributed by atoms with van der Waals surface area (Å²) in [5.41, 5.74) is 1.50. The lowest BCUT2D eigenvalue weighted by molar-refractivity contribution is -0.132. The molecule has 0 aromatic rings. The number of hydrogen-bond acceptors (Lipinski definition) is 2. The van der Waals surface area contributed by atoms with Crippen molar-refractivity contribution in [3.05, 3.63) is 11.1 Å². The Morgan fingerprint density at radius 1 is 1.20 bits per heavy atom. The Morgan fingerprint density at radius 3 is 2.13 bits per heavy atom. The number of carboxylic acid groups (broad SMARTS) is 1. The highest BCUT2D eigenvalue weighted by Gasteiger charge is 2.23. The molecule has 0 bridgehead atoms. The number of carboxylic acids is 1. The lowest BCUT2D eigenvalue weighted by atomic mass is 9.78. The van der Waals surface area contributed by atoms with Gasteiger partial charge >= 0.3 is 5.97 Å². The molecule has 15 heavy (non-hydrogen) atoms. The molecule has 0 aromatic carbocycles. The van der Waals surface area contributed by atoms with Gasteiger partial charge in [0.05, 0.1) is 0 Å². The zero-order valence-electron chi connectivity index (χ0n) is 9.49. The van der Waals surface area contributed by atoms with E-state index in [2.05, 4.69) is 0 Å². The maximum atomic E-state index is 10.8. The highest BCUT2D eigenvalue weighted by atomic mass is 16.4. The van der Waals surface area contributed by atoms with Crippen LogP contribution in [0.2, 0.25) is 0 Å². The molecule has 1 fully saturated rings. The van der Waals surface area contributed by atoms with Crippen LogP contribution < -0.4 is 0 Å². The van der Waals surface area contributed by atoms with Gasteiger partial charge in [-0.3, -0.25) is 0 Å². The van der Waals surface area contributed by atoms with E-state index in [1.54, 1.807) is 6.92 Å². The first-order valence-electron chi connectivity index (χ1n) is 5.57. The summed E-state index contributed by atoms with van der Waals surface area (Å²) in [5, 5.41) is 17.9. The van der Waals surface area contributed by atoms with Gasteiger partial charge in [-0.1, -0.05) is 5.57 Å². The zero-order valence-corrected chi connectivity index (χ0v) is 9.49. The first kappa shape index (κ1) is 12.2. The molecule has 2 N–H and O–H groups in total. The minimum atomic E-state index is -0.809. The Morgan fingerprint density at radius 2 is 1.73 bits per heavy atom. The molecule has 0 unspecified atom stereocenters. The van der Waals surface area contributed by atoms with Crippen LogP contribution in [0.15, 0.2) is 11.1 Å². The van der Waals surface area contributed by atoms with Gasteiger partial charge in [-0.15, -0.1) is 0 Å². The molecule has 0 radical (unpaired) electrons. The summed E-state index contributed by atoms with van der Waals surface area (Å²) < 4.78 is 0. The average molecular weight is 212 g/mol.